The highest BCUT2D eigenvalue weighted by Crippen LogP contribution is 2.22. The molecule has 7 heteroatoms. The molecule has 0 heterocycles. The van der Waals surface area contributed by atoms with Crippen LogP contribution in [0.1, 0.15) is 30.6 Å². The van der Waals surface area contributed by atoms with Gasteiger partial charge in [0.15, 0.2) is 0 Å². The fraction of sp³-hybridized carbons (Fsp3) is 0.462. The van der Waals surface area contributed by atoms with Crippen molar-refractivity contribution in [2.24, 2.45) is 11.7 Å². The number of hydrogen-bond acceptors (Lipinski definition) is 4. The Bertz CT molecular complexity index is 506. The third-order valence-electron chi connectivity index (χ3n) is 2.78. The van der Waals surface area contributed by atoms with Gasteiger partial charge in [0.25, 0.3) is 11.6 Å². The lowest BCUT2D eigenvalue weighted by Gasteiger charge is -2.19. The predicted octanol–water partition coefficient (Wildman–Crippen LogP) is 2.46. The number of nitrogens with one attached hydrogen (secondary N) is 1. The van der Waals surface area contributed by atoms with Crippen LogP contribution in [0, 0.1) is 16.0 Å². The van der Waals surface area contributed by atoms with Crippen LogP contribution in [0.4, 0.5) is 5.69 Å². The molecule has 0 saturated heterocycles. The third-order valence-corrected chi connectivity index (χ3v) is 3.47. The van der Waals surface area contributed by atoms with Gasteiger partial charge < -0.3 is 11.1 Å². The van der Waals surface area contributed by atoms with Gasteiger partial charge in [0, 0.05) is 29.2 Å². The Morgan fingerprint density at radius 1 is 1.50 bits per heavy atom. The van der Waals surface area contributed by atoms with Crippen molar-refractivity contribution in [2.75, 3.05) is 6.54 Å². The lowest BCUT2D eigenvalue weighted by Crippen LogP contribution is -2.41. The van der Waals surface area contributed by atoms with Crippen LogP contribution in [0.5, 0.6) is 0 Å². The second kappa shape index (κ2) is 7.35. The zero-order valence-electron chi connectivity index (χ0n) is 11.4. The molecule has 3 N–H and O–H groups in total. The van der Waals surface area contributed by atoms with Crippen molar-refractivity contribution < 1.29 is 9.72 Å². The molecule has 110 valence electrons. The number of hydrogen-bond donors (Lipinski definition) is 2. The summed E-state index contributed by atoms with van der Waals surface area (Å²) in [6.45, 7) is 4.41. The number of benzene rings is 1. The van der Waals surface area contributed by atoms with Crippen LogP contribution in [0.2, 0.25) is 0 Å². The normalized spacial score (nSPS) is 12.2. The van der Waals surface area contributed by atoms with Crippen LogP contribution in [-0.2, 0) is 0 Å². The number of carbonyl (C=O) groups is 1. The van der Waals surface area contributed by atoms with Gasteiger partial charge in [-0.2, -0.15) is 0 Å². The van der Waals surface area contributed by atoms with Crippen molar-refractivity contribution in [3.05, 3.63) is 38.3 Å². The highest BCUT2D eigenvalue weighted by Gasteiger charge is 2.18. The van der Waals surface area contributed by atoms with Crippen LogP contribution < -0.4 is 11.1 Å². The number of carbonyl (C=O) groups excluding carboxylic acids is 1. The van der Waals surface area contributed by atoms with E-state index in [1.807, 2.05) is 13.8 Å². The molecule has 0 aromatic heterocycles. The van der Waals surface area contributed by atoms with Crippen LogP contribution in [0.25, 0.3) is 0 Å². The van der Waals surface area contributed by atoms with E-state index < -0.39 is 4.92 Å². The molecule has 0 saturated carbocycles. The maximum Gasteiger partial charge on any atom is 0.270 e. The minimum absolute atomic E-state index is 0.119. The molecular formula is C13H18BrN3O3. The van der Waals surface area contributed by atoms with E-state index in [9.17, 15) is 14.9 Å². The van der Waals surface area contributed by atoms with Crippen molar-refractivity contribution in [1.82, 2.24) is 5.32 Å². The lowest BCUT2D eigenvalue weighted by atomic mass is 10.0. The van der Waals surface area contributed by atoms with Gasteiger partial charge >= 0.3 is 0 Å². The molecule has 1 aromatic carbocycles. The molecule has 1 amide bonds. The van der Waals surface area contributed by atoms with Gasteiger partial charge in [-0.25, -0.2) is 0 Å². The number of halogens is 1. The number of nitrogens with two attached hydrogens (primary N) is 1. The summed E-state index contributed by atoms with van der Waals surface area (Å²) >= 11 is 3.23. The van der Waals surface area contributed by atoms with E-state index in [1.165, 1.54) is 18.2 Å². The maximum absolute atomic E-state index is 12.2. The Morgan fingerprint density at radius 3 is 2.65 bits per heavy atom. The van der Waals surface area contributed by atoms with E-state index in [2.05, 4.69) is 21.2 Å². The van der Waals surface area contributed by atoms with E-state index in [0.29, 0.717) is 16.9 Å². The third kappa shape index (κ3) is 4.57. The predicted molar refractivity (Wildman–Crippen MR) is 80.6 cm³/mol. The fourth-order valence-corrected chi connectivity index (χ4v) is 2.27. The van der Waals surface area contributed by atoms with Gasteiger partial charge in [-0.15, -0.1) is 0 Å². The Hall–Kier alpha value is -1.47. The minimum atomic E-state index is -0.530. The van der Waals surface area contributed by atoms with Crippen molar-refractivity contribution in [3.8, 4) is 0 Å². The van der Waals surface area contributed by atoms with E-state index in [1.54, 1.807) is 0 Å². The summed E-state index contributed by atoms with van der Waals surface area (Å²) < 4.78 is 0.515. The summed E-state index contributed by atoms with van der Waals surface area (Å²) in [5.41, 5.74) is 5.75. The molecule has 6 nitrogen and oxygen atoms in total. The van der Waals surface area contributed by atoms with Gasteiger partial charge in [0.1, 0.15) is 0 Å². The number of nitro benzene ring substituents is 1. The maximum atomic E-state index is 12.2. The molecule has 0 fully saturated rings. The molecule has 0 aliphatic heterocycles. The summed E-state index contributed by atoms with van der Waals surface area (Å²) in [6.07, 6.45) is 0.759. The van der Waals surface area contributed by atoms with Crippen molar-refractivity contribution in [3.63, 3.8) is 0 Å². The molecule has 0 aliphatic rings. The summed E-state index contributed by atoms with van der Waals surface area (Å²) in [6, 6.07) is 3.94. The minimum Gasteiger partial charge on any atom is -0.348 e. The van der Waals surface area contributed by atoms with Crippen molar-refractivity contribution >= 4 is 27.5 Å². The first-order chi connectivity index (χ1) is 9.35. The molecule has 0 aliphatic carbocycles. The first-order valence-corrected chi connectivity index (χ1v) is 7.09. The zero-order valence-corrected chi connectivity index (χ0v) is 13.0. The van der Waals surface area contributed by atoms with Gasteiger partial charge in [0.2, 0.25) is 0 Å². The molecule has 1 aromatic rings. The molecule has 20 heavy (non-hydrogen) atoms. The Morgan fingerprint density at radius 2 is 2.15 bits per heavy atom. The first-order valence-electron chi connectivity index (χ1n) is 6.30. The number of nitrogens with zero attached hydrogens (tertiary/aromatic N) is 1. The van der Waals surface area contributed by atoms with Gasteiger partial charge in [0.05, 0.1) is 10.5 Å². The smallest absolute Gasteiger partial charge is 0.270 e. The van der Waals surface area contributed by atoms with E-state index >= 15 is 0 Å². The first kappa shape index (κ1) is 16.6. The molecule has 1 rings (SSSR count). The van der Waals surface area contributed by atoms with Crippen molar-refractivity contribution in [1.29, 1.82) is 0 Å². The Balaban J connectivity index is 2.91. The van der Waals surface area contributed by atoms with E-state index in [-0.39, 0.29) is 23.2 Å². The van der Waals surface area contributed by atoms with E-state index in [4.69, 9.17) is 5.73 Å². The molecule has 0 radical (unpaired) electrons. The topological polar surface area (TPSA) is 98.3 Å². The van der Waals surface area contributed by atoms with Crippen LogP contribution in [0.3, 0.4) is 0 Å². The Kier molecular flexibility index (Phi) is 6.09. The SMILES string of the molecule is CC(C)CC(CN)NC(=O)c1cc([N+](=O)[O-])ccc1Br. The van der Waals surface area contributed by atoms with E-state index in [0.717, 1.165) is 6.42 Å². The highest BCUT2D eigenvalue weighted by atomic mass is 79.9. The second-order valence-electron chi connectivity index (χ2n) is 4.96. The monoisotopic (exact) mass is 343 g/mol. The summed E-state index contributed by atoms with van der Waals surface area (Å²) in [7, 11) is 0. The second-order valence-corrected chi connectivity index (χ2v) is 5.81. The van der Waals surface area contributed by atoms with Gasteiger partial charge in [-0.05, 0) is 34.3 Å². The standard InChI is InChI=1S/C13H18BrN3O3/c1-8(2)5-9(7-15)16-13(18)11-6-10(17(19)20)3-4-12(11)14/h3-4,6,8-9H,5,7,15H2,1-2H3,(H,16,18). The zero-order chi connectivity index (χ0) is 15.3. The summed E-state index contributed by atoms with van der Waals surface area (Å²) in [4.78, 5) is 22.4. The molecule has 1 unspecified atom stereocenters. The number of non-ortho nitro benzene ring substituents is 1. The quantitative estimate of drug-likeness (QED) is 0.612. The Labute approximate surface area is 126 Å². The van der Waals surface area contributed by atoms with Crippen LogP contribution in [-0.4, -0.2) is 23.4 Å². The van der Waals surface area contributed by atoms with Gasteiger partial charge in [-0.3, -0.25) is 14.9 Å². The summed E-state index contributed by atoms with van der Waals surface area (Å²) in [5.74, 6) is 0.0362. The van der Waals surface area contributed by atoms with Gasteiger partial charge in [-0.1, -0.05) is 13.8 Å². The molecule has 0 bridgehead atoms. The van der Waals surface area contributed by atoms with Crippen LogP contribution in [0.15, 0.2) is 22.7 Å². The fourth-order valence-electron chi connectivity index (χ4n) is 1.85. The average Bonchev–Trinajstić information content (AvgIpc) is 2.37. The average molecular weight is 344 g/mol. The highest BCUT2D eigenvalue weighted by molar-refractivity contribution is 9.10. The molecular weight excluding hydrogens is 326 g/mol. The molecule has 0 spiro atoms. The number of amides is 1. The number of nitro groups is 1. The molecule has 1 atom stereocenters. The van der Waals surface area contributed by atoms with Crippen molar-refractivity contribution in [2.45, 2.75) is 26.3 Å². The lowest BCUT2D eigenvalue weighted by molar-refractivity contribution is -0.384. The summed E-state index contributed by atoms with van der Waals surface area (Å²) in [5, 5.41) is 13.6. The largest absolute Gasteiger partial charge is 0.348 e. The number of rotatable bonds is 6. The van der Waals surface area contributed by atoms with Crippen LogP contribution >= 0.6 is 15.9 Å².